The van der Waals surface area contributed by atoms with Crippen LogP contribution in [0, 0.1) is 5.82 Å². The second kappa shape index (κ2) is 17.4. The lowest BCUT2D eigenvalue weighted by Crippen LogP contribution is -2.42. The second-order valence-corrected chi connectivity index (χ2v) is 21.3. The van der Waals surface area contributed by atoms with Crippen molar-refractivity contribution in [2.45, 2.75) is 25.9 Å². The first-order valence-electron chi connectivity index (χ1n) is 20.6. The molecule has 0 saturated carbocycles. The van der Waals surface area contributed by atoms with E-state index in [1.54, 1.807) is 71.5 Å². The molecule has 2 saturated heterocycles. The highest BCUT2D eigenvalue weighted by molar-refractivity contribution is 7.91. The van der Waals surface area contributed by atoms with E-state index in [2.05, 4.69) is 41.0 Å². The third-order valence-electron chi connectivity index (χ3n) is 11.5. The molecular formula is C40H41Cl2FN16O6S2. The van der Waals surface area contributed by atoms with Gasteiger partial charge in [0.2, 0.25) is 0 Å². The maximum Gasteiger partial charge on any atom is 0.259 e. The van der Waals surface area contributed by atoms with Crippen LogP contribution in [0.1, 0.15) is 57.8 Å². The number of rotatable bonds is 8. The summed E-state index contributed by atoms with van der Waals surface area (Å²) in [6.45, 7) is 4.57. The molecule has 0 aliphatic carbocycles. The number of nitrogens with two attached hydrogens (primary N) is 2. The van der Waals surface area contributed by atoms with Gasteiger partial charge in [-0.1, -0.05) is 23.2 Å². The summed E-state index contributed by atoms with van der Waals surface area (Å²) in [5, 5.41) is 23.2. The molecule has 10 rings (SSSR count). The predicted octanol–water partition coefficient (Wildman–Crippen LogP) is 2.82. The Morgan fingerprint density at radius 2 is 1.16 bits per heavy atom. The molecular weight excluding hydrogens is 955 g/mol. The Bertz CT molecular complexity index is 3480. The van der Waals surface area contributed by atoms with Crippen LogP contribution < -0.4 is 31.9 Å². The monoisotopic (exact) mass is 994 g/mol. The number of halogens is 3. The molecule has 27 heteroatoms. The first kappa shape index (κ1) is 45.3. The van der Waals surface area contributed by atoms with Gasteiger partial charge in [0.1, 0.15) is 28.3 Å². The van der Waals surface area contributed by atoms with E-state index in [0.29, 0.717) is 57.7 Å². The SMILES string of the molecule is C[C@H](NC(=O)c1c(N)nn2cccnc12)c1cc(Cl)c2c(F)cnn2c1N1CCS(=O)(=O)CC1.C[C@H](NC(=O)c1c(N)nn2cccnc12)c1cc(Cl)c2ccnn2c1N1CCS(=O)(=O)CC1. The highest BCUT2D eigenvalue weighted by Crippen LogP contribution is 2.36. The number of nitrogens with one attached hydrogen (secondary N) is 2. The van der Waals surface area contributed by atoms with E-state index in [1.165, 1.54) is 19.7 Å². The Hall–Kier alpha value is -6.83. The summed E-state index contributed by atoms with van der Waals surface area (Å²) >= 11 is 12.9. The number of pyridine rings is 2. The van der Waals surface area contributed by atoms with Gasteiger partial charge in [-0.15, -0.1) is 10.2 Å². The molecule has 10 heterocycles. The van der Waals surface area contributed by atoms with Gasteiger partial charge in [0.15, 0.2) is 48.4 Å². The van der Waals surface area contributed by atoms with Gasteiger partial charge in [-0.25, -0.2) is 49.3 Å². The Kier molecular flexibility index (Phi) is 11.8. The number of carbonyl (C=O) groups excluding carboxylic acids is 2. The predicted molar refractivity (Wildman–Crippen MR) is 249 cm³/mol. The van der Waals surface area contributed by atoms with Crippen molar-refractivity contribution in [3.63, 3.8) is 0 Å². The van der Waals surface area contributed by atoms with Crippen LogP contribution in [0.2, 0.25) is 10.0 Å². The number of sulfone groups is 2. The van der Waals surface area contributed by atoms with Crippen molar-refractivity contribution < 1.29 is 30.8 Å². The van der Waals surface area contributed by atoms with E-state index in [-0.39, 0.29) is 69.4 Å². The van der Waals surface area contributed by atoms with Crippen molar-refractivity contribution in [2.24, 2.45) is 0 Å². The van der Waals surface area contributed by atoms with Crippen LogP contribution in [0.25, 0.3) is 22.3 Å². The van der Waals surface area contributed by atoms with Crippen molar-refractivity contribution in [3.05, 3.63) is 106 Å². The van der Waals surface area contributed by atoms with E-state index in [4.69, 9.17) is 34.7 Å². The van der Waals surface area contributed by atoms with Crippen LogP contribution in [0.15, 0.2) is 67.5 Å². The third kappa shape index (κ3) is 8.58. The fourth-order valence-electron chi connectivity index (χ4n) is 8.20. The normalized spacial score (nSPS) is 16.8. The average molecular weight is 996 g/mol. The van der Waals surface area contributed by atoms with Crippen molar-refractivity contribution in [3.8, 4) is 0 Å². The van der Waals surface area contributed by atoms with Gasteiger partial charge in [0.05, 0.1) is 63.1 Å². The summed E-state index contributed by atoms with van der Waals surface area (Å²) in [6.07, 6.45) is 9.05. The quantitative estimate of drug-likeness (QED) is 0.170. The largest absolute Gasteiger partial charge is 0.381 e. The average Bonchev–Trinajstić information content (AvgIpc) is 4.08. The number of hydrogen-bond acceptors (Lipinski definition) is 16. The van der Waals surface area contributed by atoms with E-state index in [9.17, 15) is 30.8 Å². The molecule has 0 spiro atoms. The Morgan fingerprint density at radius 1 is 0.701 bits per heavy atom. The van der Waals surface area contributed by atoms with Crippen LogP contribution in [0.3, 0.4) is 0 Å². The summed E-state index contributed by atoms with van der Waals surface area (Å²) < 4.78 is 68.2. The highest BCUT2D eigenvalue weighted by atomic mass is 35.5. The molecule has 2 aliphatic heterocycles. The van der Waals surface area contributed by atoms with Gasteiger partial charge in [0.25, 0.3) is 11.8 Å². The summed E-state index contributed by atoms with van der Waals surface area (Å²) in [7, 11) is -6.23. The highest BCUT2D eigenvalue weighted by Gasteiger charge is 2.32. The fraction of sp³-hybridized carbons (Fsp3) is 0.300. The Labute approximate surface area is 390 Å². The molecule has 350 valence electrons. The van der Waals surface area contributed by atoms with Gasteiger partial charge < -0.3 is 31.9 Å². The molecule has 6 N–H and O–H groups in total. The van der Waals surface area contributed by atoms with Crippen molar-refractivity contribution in [1.29, 1.82) is 0 Å². The summed E-state index contributed by atoms with van der Waals surface area (Å²) in [6, 6.07) is 7.34. The minimum absolute atomic E-state index is 0.0208. The summed E-state index contributed by atoms with van der Waals surface area (Å²) in [4.78, 5) is 38.5. The summed E-state index contributed by atoms with van der Waals surface area (Å²) in [5.74, 6) is -0.322. The van der Waals surface area contributed by atoms with Crippen molar-refractivity contribution >= 4 is 100 Å². The van der Waals surface area contributed by atoms with Gasteiger partial charge in [0, 0.05) is 62.1 Å². The number of nitrogens with zero attached hydrogens (tertiary/aromatic N) is 12. The van der Waals surface area contributed by atoms with E-state index >= 15 is 0 Å². The maximum absolute atomic E-state index is 14.4. The molecule has 0 unspecified atom stereocenters. The number of fused-ring (bicyclic) bond motifs is 4. The molecule has 0 radical (unpaired) electrons. The van der Waals surface area contributed by atoms with Crippen LogP contribution in [0.5, 0.6) is 0 Å². The molecule has 2 amide bonds. The number of hydrogen-bond donors (Lipinski definition) is 4. The van der Waals surface area contributed by atoms with E-state index < -0.39 is 49.4 Å². The molecule has 8 aromatic rings. The molecule has 0 bridgehead atoms. The number of anilines is 4. The topological polar surface area (TPSA) is 280 Å². The third-order valence-corrected chi connectivity index (χ3v) is 15.3. The standard InChI is InChI=1S/C20H20ClFN8O3S.C20H21ClN8O3S/c1-11(26-19(31)15-17(23)27-29-4-2-3-24-18(15)29)12-9-13(21)16-14(22)10-25-30(16)20(12)28-5-7-34(32,33)8-6-28;1-12(25-19(30)16-17(22)26-28-6-2-4-23-18(16)28)13-11-14(21)15-3-5-24-29(15)20(13)27-7-9-33(31,32)10-8-27/h2-4,9-11H,5-8H2,1H3,(H2,23,27)(H,26,31);2-6,11-12H,7-10H2,1H3,(H2,22,26)(H,25,30)/t11-;12-/m00/s1. The van der Waals surface area contributed by atoms with Gasteiger partial charge in [-0.2, -0.15) is 10.2 Å². The van der Waals surface area contributed by atoms with Crippen molar-refractivity contribution in [1.82, 2.24) is 59.1 Å². The smallest absolute Gasteiger partial charge is 0.259 e. The van der Waals surface area contributed by atoms with Crippen LogP contribution in [-0.4, -0.2) is 126 Å². The number of amides is 2. The molecule has 2 fully saturated rings. The zero-order valence-electron chi connectivity index (χ0n) is 35.6. The maximum atomic E-state index is 14.4. The molecule has 2 atom stereocenters. The van der Waals surface area contributed by atoms with Crippen LogP contribution in [0.4, 0.5) is 27.7 Å². The first-order chi connectivity index (χ1) is 31.9. The lowest BCUT2D eigenvalue weighted by atomic mass is 10.1. The van der Waals surface area contributed by atoms with E-state index in [0.717, 1.165) is 6.20 Å². The fourth-order valence-corrected chi connectivity index (χ4v) is 11.2. The number of aromatic nitrogens is 10. The number of nitrogen functional groups attached to an aromatic ring is 2. The molecule has 0 aromatic carbocycles. The number of carbonyl (C=O) groups is 2. The Balaban J connectivity index is 0.000000168. The van der Waals surface area contributed by atoms with Gasteiger partial charge in [-0.3, -0.25) is 9.59 Å². The van der Waals surface area contributed by atoms with E-state index in [1.807, 2.05) is 11.8 Å². The molecule has 67 heavy (non-hydrogen) atoms. The van der Waals surface area contributed by atoms with Gasteiger partial charge in [-0.05, 0) is 44.2 Å². The Morgan fingerprint density at radius 3 is 1.66 bits per heavy atom. The minimum Gasteiger partial charge on any atom is -0.381 e. The van der Waals surface area contributed by atoms with Gasteiger partial charge >= 0.3 is 0 Å². The summed E-state index contributed by atoms with van der Waals surface area (Å²) in [5.41, 5.74) is 14.9. The minimum atomic E-state index is -3.16. The first-order valence-corrected chi connectivity index (χ1v) is 25.0. The lowest BCUT2D eigenvalue weighted by molar-refractivity contribution is 0.0933. The lowest BCUT2D eigenvalue weighted by Gasteiger charge is -2.32. The molecule has 8 aromatic heterocycles. The molecule has 22 nitrogen and oxygen atoms in total. The van der Waals surface area contributed by atoms with Crippen molar-refractivity contribution in [2.75, 3.05) is 70.5 Å². The van der Waals surface area contributed by atoms with Crippen LogP contribution >= 0.6 is 23.2 Å². The molecule has 2 aliphatic rings. The van der Waals surface area contributed by atoms with Crippen LogP contribution in [-0.2, 0) is 19.7 Å². The zero-order chi connectivity index (χ0) is 47.5. The zero-order valence-corrected chi connectivity index (χ0v) is 38.7. The second-order valence-electron chi connectivity index (χ2n) is 15.9.